The highest BCUT2D eigenvalue weighted by molar-refractivity contribution is 7.11. The summed E-state index contributed by atoms with van der Waals surface area (Å²) < 4.78 is 11.4. The molecule has 2 N–H and O–H groups in total. The molecule has 0 atom stereocenters. The molecule has 2 heterocycles. The number of rotatable bonds is 4. The first-order chi connectivity index (χ1) is 12.2. The van der Waals surface area contributed by atoms with Gasteiger partial charge in [0.2, 0.25) is 0 Å². The standard InChI is InChI=1S/C18H24N4O2S/c1-4-19-18(20-11-17-12(2)21-13(3)25-17)22-14-6-7-15-16(10-14)24-9-5-8-23-15/h6-7,10H,4-5,8-9,11H2,1-3H3,(H2,19,20,22). The lowest BCUT2D eigenvalue weighted by molar-refractivity contribution is 0.297. The Balaban J connectivity index is 1.74. The highest BCUT2D eigenvalue weighted by atomic mass is 32.1. The highest BCUT2D eigenvalue weighted by Crippen LogP contribution is 2.32. The van der Waals surface area contributed by atoms with Gasteiger partial charge in [0, 0.05) is 29.6 Å². The molecule has 1 aliphatic heterocycles. The lowest BCUT2D eigenvalue weighted by atomic mass is 10.3. The third-order valence-corrected chi connectivity index (χ3v) is 4.79. The Hall–Kier alpha value is -2.28. The van der Waals surface area contributed by atoms with Gasteiger partial charge in [0.1, 0.15) is 0 Å². The van der Waals surface area contributed by atoms with Gasteiger partial charge in [-0.3, -0.25) is 0 Å². The predicted molar refractivity (Wildman–Crippen MR) is 102 cm³/mol. The summed E-state index contributed by atoms with van der Waals surface area (Å²) in [5, 5.41) is 7.68. The number of aliphatic imine (C=N–C) groups is 1. The predicted octanol–water partition coefficient (Wildman–Crippen LogP) is 3.50. The van der Waals surface area contributed by atoms with Gasteiger partial charge in [-0.2, -0.15) is 0 Å². The zero-order valence-corrected chi connectivity index (χ0v) is 15.7. The number of aryl methyl sites for hydroxylation is 2. The number of guanidine groups is 1. The Kier molecular flexibility index (Phi) is 5.75. The Labute approximate surface area is 152 Å². The molecule has 134 valence electrons. The molecule has 0 saturated carbocycles. The van der Waals surface area contributed by atoms with Gasteiger partial charge in [-0.25, -0.2) is 9.98 Å². The maximum atomic E-state index is 5.75. The van der Waals surface area contributed by atoms with Crippen molar-refractivity contribution in [2.75, 3.05) is 25.1 Å². The van der Waals surface area contributed by atoms with E-state index in [1.807, 2.05) is 39.0 Å². The van der Waals surface area contributed by atoms with Crippen LogP contribution in [-0.4, -0.2) is 30.7 Å². The lowest BCUT2D eigenvalue weighted by Crippen LogP contribution is -2.30. The Bertz CT molecular complexity index is 758. The van der Waals surface area contributed by atoms with Gasteiger partial charge >= 0.3 is 0 Å². The maximum absolute atomic E-state index is 5.75. The molecular weight excluding hydrogens is 336 g/mol. The van der Waals surface area contributed by atoms with E-state index in [-0.39, 0.29) is 0 Å². The van der Waals surface area contributed by atoms with E-state index in [0.717, 1.165) is 46.8 Å². The number of aromatic nitrogens is 1. The number of ether oxygens (including phenoxy) is 2. The molecule has 6 nitrogen and oxygen atoms in total. The van der Waals surface area contributed by atoms with Crippen molar-refractivity contribution in [1.29, 1.82) is 0 Å². The minimum absolute atomic E-state index is 0.608. The fraction of sp³-hybridized carbons (Fsp3) is 0.444. The molecule has 1 aliphatic rings. The summed E-state index contributed by atoms with van der Waals surface area (Å²) in [5.74, 6) is 2.30. The van der Waals surface area contributed by atoms with Gasteiger partial charge in [0.25, 0.3) is 0 Å². The van der Waals surface area contributed by atoms with Crippen LogP contribution in [0.3, 0.4) is 0 Å². The van der Waals surface area contributed by atoms with E-state index in [2.05, 4.69) is 20.6 Å². The number of benzene rings is 1. The van der Waals surface area contributed by atoms with Gasteiger partial charge in [0.05, 0.1) is 30.5 Å². The second kappa shape index (κ2) is 8.20. The van der Waals surface area contributed by atoms with Crippen LogP contribution >= 0.6 is 11.3 Å². The highest BCUT2D eigenvalue weighted by Gasteiger charge is 2.11. The van der Waals surface area contributed by atoms with Crippen LogP contribution in [0.15, 0.2) is 23.2 Å². The summed E-state index contributed by atoms with van der Waals surface area (Å²) in [6.45, 7) is 8.86. The van der Waals surface area contributed by atoms with Gasteiger partial charge in [-0.15, -0.1) is 11.3 Å². The first kappa shape index (κ1) is 17.5. The number of hydrogen-bond acceptors (Lipinski definition) is 5. The van der Waals surface area contributed by atoms with Crippen molar-refractivity contribution in [2.45, 2.75) is 33.7 Å². The smallest absolute Gasteiger partial charge is 0.196 e. The molecule has 0 spiro atoms. The van der Waals surface area contributed by atoms with Crippen molar-refractivity contribution in [3.8, 4) is 11.5 Å². The summed E-state index contributed by atoms with van der Waals surface area (Å²) in [7, 11) is 0. The van der Waals surface area contributed by atoms with E-state index in [1.165, 1.54) is 4.88 Å². The molecule has 1 aromatic heterocycles. The van der Waals surface area contributed by atoms with Crippen LogP contribution in [0.25, 0.3) is 0 Å². The molecule has 2 aromatic rings. The minimum atomic E-state index is 0.608. The number of hydrogen-bond donors (Lipinski definition) is 2. The van der Waals surface area contributed by atoms with Crippen molar-refractivity contribution in [2.24, 2.45) is 4.99 Å². The first-order valence-electron chi connectivity index (χ1n) is 8.53. The second-order valence-electron chi connectivity index (χ2n) is 5.77. The Morgan fingerprint density at radius 3 is 2.76 bits per heavy atom. The van der Waals surface area contributed by atoms with Crippen LogP contribution in [0, 0.1) is 13.8 Å². The maximum Gasteiger partial charge on any atom is 0.196 e. The molecule has 0 amide bonds. The average molecular weight is 360 g/mol. The number of fused-ring (bicyclic) bond motifs is 1. The zero-order valence-electron chi connectivity index (χ0n) is 14.9. The van der Waals surface area contributed by atoms with Crippen LogP contribution in [0.1, 0.15) is 28.9 Å². The van der Waals surface area contributed by atoms with Crippen LogP contribution in [0.5, 0.6) is 11.5 Å². The van der Waals surface area contributed by atoms with E-state index in [9.17, 15) is 0 Å². The van der Waals surface area contributed by atoms with E-state index in [0.29, 0.717) is 19.8 Å². The summed E-state index contributed by atoms with van der Waals surface area (Å²) >= 11 is 1.69. The van der Waals surface area contributed by atoms with Crippen molar-refractivity contribution in [3.63, 3.8) is 0 Å². The fourth-order valence-electron chi connectivity index (χ4n) is 2.56. The van der Waals surface area contributed by atoms with E-state index in [1.54, 1.807) is 11.3 Å². The third-order valence-electron chi connectivity index (χ3n) is 3.73. The molecule has 25 heavy (non-hydrogen) atoms. The minimum Gasteiger partial charge on any atom is -0.490 e. The van der Waals surface area contributed by atoms with E-state index in [4.69, 9.17) is 9.47 Å². The van der Waals surface area contributed by atoms with Crippen molar-refractivity contribution in [1.82, 2.24) is 10.3 Å². The quantitative estimate of drug-likeness (QED) is 0.645. The van der Waals surface area contributed by atoms with Gasteiger partial charge in [0.15, 0.2) is 17.5 Å². The van der Waals surface area contributed by atoms with Gasteiger partial charge in [-0.05, 0) is 32.9 Å². The molecule has 3 rings (SSSR count). The summed E-state index contributed by atoms with van der Waals surface area (Å²) in [4.78, 5) is 10.3. The van der Waals surface area contributed by atoms with Crippen molar-refractivity contribution < 1.29 is 9.47 Å². The van der Waals surface area contributed by atoms with Crippen LogP contribution < -0.4 is 20.1 Å². The third kappa shape index (κ3) is 4.63. The molecule has 0 bridgehead atoms. The van der Waals surface area contributed by atoms with Crippen molar-refractivity contribution >= 4 is 23.0 Å². The summed E-state index contributed by atoms with van der Waals surface area (Å²) in [6, 6.07) is 5.86. The Morgan fingerprint density at radius 2 is 2.04 bits per heavy atom. The normalized spacial score (nSPS) is 14.1. The van der Waals surface area contributed by atoms with Gasteiger partial charge in [-0.1, -0.05) is 0 Å². The molecule has 1 aromatic carbocycles. The zero-order chi connectivity index (χ0) is 17.6. The van der Waals surface area contributed by atoms with E-state index < -0.39 is 0 Å². The molecule has 0 radical (unpaired) electrons. The van der Waals surface area contributed by atoms with E-state index >= 15 is 0 Å². The number of thiazole rings is 1. The van der Waals surface area contributed by atoms with Crippen molar-refractivity contribution in [3.05, 3.63) is 33.8 Å². The fourth-order valence-corrected chi connectivity index (χ4v) is 3.42. The van der Waals surface area contributed by atoms with Gasteiger partial charge < -0.3 is 20.1 Å². The van der Waals surface area contributed by atoms with Crippen LogP contribution in [0.4, 0.5) is 5.69 Å². The largest absolute Gasteiger partial charge is 0.490 e. The topological polar surface area (TPSA) is 67.8 Å². The number of nitrogens with zero attached hydrogens (tertiary/aromatic N) is 2. The van der Waals surface area contributed by atoms with Crippen LogP contribution in [-0.2, 0) is 6.54 Å². The Morgan fingerprint density at radius 1 is 1.24 bits per heavy atom. The molecule has 0 saturated heterocycles. The molecule has 0 fully saturated rings. The second-order valence-corrected chi connectivity index (χ2v) is 7.06. The number of nitrogens with one attached hydrogen (secondary N) is 2. The summed E-state index contributed by atoms with van der Waals surface area (Å²) in [5.41, 5.74) is 1.97. The monoisotopic (exact) mass is 360 g/mol. The first-order valence-corrected chi connectivity index (χ1v) is 9.35. The summed E-state index contributed by atoms with van der Waals surface area (Å²) in [6.07, 6.45) is 0.898. The molecule has 0 unspecified atom stereocenters. The average Bonchev–Trinajstić information content (AvgIpc) is 2.78. The molecule has 0 aliphatic carbocycles. The SMILES string of the molecule is CCNC(=NCc1sc(C)nc1C)Nc1ccc2c(c1)OCCCO2. The molecular formula is C18H24N4O2S. The number of anilines is 1. The van der Waals surface area contributed by atoms with Crippen LogP contribution in [0.2, 0.25) is 0 Å². The molecule has 7 heteroatoms. The lowest BCUT2D eigenvalue weighted by Gasteiger charge is -2.13.